The molecule has 1 heterocycles. The van der Waals surface area contributed by atoms with E-state index in [0.29, 0.717) is 0 Å². The average molecular weight is 126 g/mol. The van der Waals surface area contributed by atoms with E-state index in [1.807, 2.05) is 0 Å². The number of aliphatic imine (C=N–C) groups is 1. The summed E-state index contributed by atoms with van der Waals surface area (Å²) in [4.78, 5) is 25.7. The molecule has 0 spiro atoms. The molecule has 0 N–H and O–H groups in total. The summed E-state index contributed by atoms with van der Waals surface area (Å²) in [5.41, 5.74) is 0. The molecule has 1 rings (SSSR count). The first-order chi connectivity index (χ1) is 4.20. The van der Waals surface area contributed by atoms with Gasteiger partial charge in [0, 0.05) is 7.05 Å². The average Bonchev–Trinajstić information content (AvgIpc) is 1.80. The maximum absolute atomic E-state index is 10.6. The Hall–Kier alpha value is -1.19. The van der Waals surface area contributed by atoms with Gasteiger partial charge in [-0.25, -0.2) is 4.99 Å². The second-order valence-corrected chi connectivity index (χ2v) is 1.82. The molecule has 0 atom stereocenters. The van der Waals surface area contributed by atoms with E-state index in [-0.39, 0.29) is 18.2 Å². The van der Waals surface area contributed by atoms with Crippen molar-refractivity contribution >= 4 is 18.2 Å². The summed E-state index contributed by atoms with van der Waals surface area (Å²) in [7, 11) is 1.57. The normalized spacial score (nSPS) is 19.0. The molecule has 0 unspecified atom stereocenters. The fourth-order valence-corrected chi connectivity index (χ4v) is 0.515. The third-order valence-corrected chi connectivity index (χ3v) is 1.07. The first-order valence-corrected chi connectivity index (χ1v) is 2.53. The van der Waals surface area contributed by atoms with Gasteiger partial charge in [0.1, 0.15) is 12.8 Å². The highest BCUT2D eigenvalue weighted by molar-refractivity contribution is 6.07. The Bertz CT molecular complexity index is 185. The summed E-state index contributed by atoms with van der Waals surface area (Å²) < 4.78 is 0. The maximum Gasteiger partial charge on any atom is 0.256 e. The molecule has 0 fully saturated rings. The lowest BCUT2D eigenvalue weighted by molar-refractivity contribution is -0.132. The standard InChI is InChI=1S/C5H6N2O2/c1-7-3-6-4(8)2-5(7)9/h3H,2H2,1H3. The van der Waals surface area contributed by atoms with Gasteiger partial charge in [-0.1, -0.05) is 0 Å². The van der Waals surface area contributed by atoms with Gasteiger partial charge in [-0.15, -0.1) is 0 Å². The van der Waals surface area contributed by atoms with Gasteiger partial charge in [0.2, 0.25) is 5.91 Å². The van der Waals surface area contributed by atoms with E-state index in [4.69, 9.17) is 0 Å². The van der Waals surface area contributed by atoms with Crippen LogP contribution < -0.4 is 0 Å². The number of rotatable bonds is 0. The zero-order valence-corrected chi connectivity index (χ0v) is 5.00. The summed E-state index contributed by atoms with van der Waals surface area (Å²) >= 11 is 0. The summed E-state index contributed by atoms with van der Waals surface area (Å²) in [5, 5.41) is 0. The Morgan fingerprint density at radius 1 is 1.67 bits per heavy atom. The Kier molecular flexibility index (Phi) is 1.30. The maximum atomic E-state index is 10.6. The molecule has 48 valence electrons. The van der Waals surface area contributed by atoms with Gasteiger partial charge in [0.15, 0.2) is 0 Å². The van der Waals surface area contributed by atoms with Crippen LogP contribution in [0.15, 0.2) is 4.99 Å². The molecule has 0 aromatic heterocycles. The molecule has 0 aliphatic carbocycles. The van der Waals surface area contributed by atoms with E-state index in [2.05, 4.69) is 4.99 Å². The van der Waals surface area contributed by atoms with Crippen LogP contribution in [0.25, 0.3) is 0 Å². The van der Waals surface area contributed by atoms with Crippen molar-refractivity contribution in [1.29, 1.82) is 0 Å². The molecular formula is C5H6N2O2. The van der Waals surface area contributed by atoms with Gasteiger partial charge < -0.3 is 4.90 Å². The van der Waals surface area contributed by atoms with E-state index < -0.39 is 0 Å². The topological polar surface area (TPSA) is 49.7 Å². The molecule has 4 heteroatoms. The van der Waals surface area contributed by atoms with Crippen LogP contribution in [0.5, 0.6) is 0 Å². The smallest absolute Gasteiger partial charge is 0.256 e. The highest BCUT2D eigenvalue weighted by atomic mass is 16.2. The molecule has 1 aliphatic heterocycles. The Morgan fingerprint density at radius 2 is 2.33 bits per heavy atom. The van der Waals surface area contributed by atoms with Gasteiger partial charge in [-0.2, -0.15) is 0 Å². The van der Waals surface area contributed by atoms with Crippen LogP contribution in [0.2, 0.25) is 0 Å². The van der Waals surface area contributed by atoms with Crippen molar-refractivity contribution in [2.75, 3.05) is 7.05 Å². The van der Waals surface area contributed by atoms with Crippen molar-refractivity contribution in [3.63, 3.8) is 0 Å². The van der Waals surface area contributed by atoms with E-state index in [0.717, 1.165) is 0 Å². The second kappa shape index (κ2) is 1.97. The lowest BCUT2D eigenvalue weighted by Gasteiger charge is -2.12. The molecule has 0 aromatic carbocycles. The number of carbonyl (C=O) groups excluding carboxylic acids is 2. The SMILES string of the molecule is CN1C=NC(=O)CC1=O. The molecule has 0 saturated carbocycles. The minimum absolute atomic E-state index is 0.0903. The fourth-order valence-electron chi connectivity index (χ4n) is 0.515. The summed E-state index contributed by atoms with van der Waals surface area (Å²) in [5.74, 6) is -0.562. The number of hydrogen-bond donors (Lipinski definition) is 0. The van der Waals surface area contributed by atoms with Crippen molar-refractivity contribution in [2.24, 2.45) is 4.99 Å². The van der Waals surface area contributed by atoms with E-state index >= 15 is 0 Å². The summed E-state index contributed by atoms with van der Waals surface area (Å²) in [6.45, 7) is 0. The molecule has 0 bridgehead atoms. The van der Waals surface area contributed by atoms with Crippen LogP contribution in [0.1, 0.15) is 6.42 Å². The highest BCUT2D eigenvalue weighted by Gasteiger charge is 2.15. The summed E-state index contributed by atoms with van der Waals surface area (Å²) in [6, 6.07) is 0. The predicted octanol–water partition coefficient (Wildman–Crippen LogP) is -0.597. The van der Waals surface area contributed by atoms with Gasteiger partial charge in [0.05, 0.1) is 0 Å². The number of amides is 2. The minimum atomic E-state index is -0.363. The lowest BCUT2D eigenvalue weighted by Crippen LogP contribution is -2.31. The van der Waals surface area contributed by atoms with Crippen molar-refractivity contribution in [1.82, 2.24) is 4.90 Å². The number of carbonyl (C=O) groups is 2. The predicted molar refractivity (Wildman–Crippen MR) is 30.9 cm³/mol. The number of nitrogens with zero attached hydrogens (tertiary/aromatic N) is 2. The van der Waals surface area contributed by atoms with Crippen molar-refractivity contribution in [3.05, 3.63) is 0 Å². The first-order valence-electron chi connectivity index (χ1n) is 2.53. The van der Waals surface area contributed by atoms with Crippen LogP contribution >= 0.6 is 0 Å². The van der Waals surface area contributed by atoms with Gasteiger partial charge in [-0.05, 0) is 0 Å². The van der Waals surface area contributed by atoms with Crippen LogP contribution in [-0.2, 0) is 9.59 Å². The molecule has 4 nitrogen and oxygen atoms in total. The molecular weight excluding hydrogens is 120 g/mol. The summed E-state index contributed by atoms with van der Waals surface area (Å²) in [6.07, 6.45) is 1.14. The Balaban J connectivity index is 2.76. The zero-order chi connectivity index (χ0) is 6.85. The van der Waals surface area contributed by atoms with Crippen molar-refractivity contribution in [2.45, 2.75) is 6.42 Å². The van der Waals surface area contributed by atoms with E-state index in [9.17, 15) is 9.59 Å². The van der Waals surface area contributed by atoms with E-state index in [1.165, 1.54) is 11.2 Å². The van der Waals surface area contributed by atoms with Gasteiger partial charge in [-0.3, -0.25) is 9.59 Å². The Morgan fingerprint density at radius 3 is 2.78 bits per heavy atom. The fraction of sp³-hybridized carbons (Fsp3) is 0.400. The quantitative estimate of drug-likeness (QED) is 0.407. The van der Waals surface area contributed by atoms with E-state index in [1.54, 1.807) is 7.05 Å². The van der Waals surface area contributed by atoms with Crippen LogP contribution in [-0.4, -0.2) is 30.1 Å². The van der Waals surface area contributed by atoms with Gasteiger partial charge >= 0.3 is 0 Å². The lowest BCUT2D eigenvalue weighted by atomic mass is 10.3. The molecule has 2 amide bonds. The van der Waals surface area contributed by atoms with Crippen molar-refractivity contribution < 1.29 is 9.59 Å². The third kappa shape index (κ3) is 1.13. The Labute approximate surface area is 52.2 Å². The monoisotopic (exact) mass is 126 g/mol. The largest absolute Gasteiger partial charge is 0.306 e. The number of hydrogen-bond acceptors (Lipinski definition) is 2. The molecule has 9 heavy (non-hydrogen) atoms. The van der Waals surface area contributed by atoms with Crippen molar-refractivity contribution in [3.8, 4) is 0 Å². The van der Waals surface area contributed by atoms with Gasteiger partial charge in [0.25, 0.3) is 5.91 Å². The first kappa shape index (κ1) is 5.94. The third-order valence-electron chi connectivity index (χ3n) is 1.07. The zero-order valence-electron chi connectivity index (χ0n) is 5.00. The molecule has 0 radical (unpaired) electrons. The minimum Gasteiger partial charge on any atom is -0.306 e. The van der Waals surface area contributed by atoms with Crippen LogP contribution in [0.3, 0.4) is 0 Å². The second-order valence-electron chi connectivity index (χ2n) is 1.82. The molecule has 1 aliphatic rings. The van der Waals surface area contributed by atoms with Crippen LogP contribution in [0, 0.1) is 0 Å². The molecule has 0 saturated heterocycles. The highest BCUT2D eigenvalue weighted by Crippen LogP contribution is 1.96. The molecule has 0 aromatic rings. The van der Waals surface area contributed by atoms with Crippen LogP contribution in [0.4, 0.5) is 0 Å².